The van der Waals surface area contributed by atoms with E-state index in [1.165, 1.54) is 5.56 Å². The highest BCUT2D eigenvalue weighted by Gasteiger charge is 2.22. The summed E-state index contributed by atoms with van der Waals surface area (Å²) in [5.41, 5.74) is 2.40. The Kier molecular flexibility index (Phi) is 6.28. The third-order valence-electron chi connectivity index (χ3n) is 4.61. The number of rotatable bonds is 7. The van der Waals surface area contributed by atoms with Gasteiger partial charge in [0.1, 0.15) is 0 Å². The SMILES string of the molecule is CCN(CC)CCC(=O)N1CCc2cc(OC)c(OC)cc2C1. The Morgan fingerprint density at radius 1 is 1.13 bits per heavy atom. The molecule has 0 radical (unpaired) electrons. The van der Waals surface area contributed by atoms with Gasteiger partial charge in [-0.3, -0.25) is 4.79 Å². The largest absolute Gasteiger partial charge is 0.493 e. The summed E-state index contributed by atoms with van der Waals surface area (Å²) in [4.78, 5) is 16.7. The standard InChI is InChI=1S/C18H28N2O3/c1-5-19(6-2)9-8-18(21)20-10-7-14-11-16(22-3)17(23-4)12-15(14)13-20/h11-12H,5-10,13H2,1-4H3. The number of carbonyl (C=O) groups excluding carboxylic acids is 1. The van der Waals surface area contributed by atoms with Gasteiger partial charge in [-0.2, -0.15) is 0 Å². The van der Waals surface area contributed by atoms with Crippen molar-refractivity contribution in [1.29, 1.82) is 0 Å². The lowest BCUT2D eigenvalue weighted by molar-refractivity contribution is -0.132. The van der Waals surface area contributed by atoms with E-state index >= 15 is 0 Å². The number of nitrogens with zero attached hydrogens (tertiary/aromatic N) is 2. The first-order valence-electron chi connectivity index (χ1n) is 8.36. The van der Waals surface area contributed by atoms with Crippen molar-refractivity contribution in [1.82, 2.24) is 9.80 Å². The van der Waals surface area contributed by atoms with E-state index in [4.69, 9.17) is 9.47 Å². The molecule has 0 saturated carbocycles. The van der Waals surface area contributed by atoms with Crippen LogP contribution >= 0.6 is 0 Å². The molecule has 1 heterocycles. The molecule has 23 heavy (non-hydrogen) atoms. The van der Waals surface area contributed by atoms with Gasteiger partial charge in [0.25, 0.3) is 0 Å². The van der Waals surface area contributed by atoms with Crippen molar-refractivity contribution in [3.05, 3.63) is 23.3 Å². The van der Waals surface area contributed by atoms with E-state index in [2.05, 4.69) is 18.7 Å². The molecule has 5 heteroatoms. The Morgan fingerprint density at radius 2 is 1.74 bits per heavy atom. The fourth-order valence-electron chi connectivity index (χ4n) is 3.05. The quantitative estimate of drug-likeness (QED) is 0.773. The zero-order chi connectivity index (χ0) is 16.8. The molecule has 2 rings (SSSR count). The first kappa shape index (κ1) is 17.6. The van der Waals surface area contributed by atoms with E-state index in [1.54, 1.807) is 14.2 Å². The zero-order valence-electron chi connectivity index (χ0n) is 14.7. The maximum atomic E-state index is 12.5. The third-order valence-corrected chi connectivity index (χ3v) is 4.61. The van der Waals surface area contributed by atoms with Gasteiger partial charge in [-0.1, -0.05) is 13.8 Å². The fourth-order valence-corrected chi connectivity index (χ4v) is 3.05. The summed E-state index contributed by atoms with van der Waals surface area (Å²) in [5, 5.41) is 0. The Labute approximate surface area is 139 Å². The molecule has 0 spiro atoms. The molecule has 0 aromatic heterocycles. The Bertz CT molecular complexity index is 541. The smallest absolute Gasteiger partial charge is 0.224 e. The molecule has 0 N–H and O–H groups in total. The minimum absolute atomic E-state index is 0.234. The van der Waals surface area contributed by atoms with E-state index in [0.29, 0.717) is 13.0 Å². The van der Waals surface area contributed by atoms with Gasteiger partial charge in [0, 0.05) is 26.1 Å². The van der Waals surface area contributed by atoms with E-state index in [0.717, 1.165) is 49.7 Å². The van der Waals surface area contributed by atoms with Gasteiger partial charge < -0.3 is 19.3 Å². The number of ether oxygens (including phenoxy) is 2. The van der Waals surface area contributed by atoms with Crippen LogP contribution in [0.5, 0.6) is 11.5 Å². The van der Waals surface area contributed by atoms with Gasteiger partial charge in [-0.15, -0.1) is 0 Å². The van der Waals surface area contributed by atoms with Crippen molar-refractivity contribution in [3.8, 4) is 11.5 Å². The van der Waals surface area contributed by atoms with Gasteiger partial charge in [0.05, 0.1) is 14.2 Å². The molecular weight excluding hydrogens is 292 g/mol. The summed E-state index contributed by atoms with van der Waals surface area (Å²) in [7, 11) is 3.29. The van der Waals surface area contributed by atoms with Crippen LogP contribution in [0.3, 0.4) is 0 Å². The van der Waals surface area contributed by atoms with Gasteiger partial charge in [-0.25, -0.2) is 0 Å². The van der Waals surface area contributed by atoms with E-state index in [1.807, 2.05) is 17.0 Å². The molecule has 128 valence electrons. The number of fused-ring (bicyclic) bond motifs is 1. The molecule has 0 saturated heterocycles. The summed E-state index contributed by atoms with van der Waals surface area (Å²) >= 11 is 0. The van der Waals surface area contributed by atoms with Crippen LogP contribution in [0.4, 0.5) is 0 Å². The molecule has 0 aliphatic carbocycles. The second-order valence-electron chi connectivity index (χ2n) is 5.82. The van der Waals surface area contributed by atoms with Crippen LogP contribution in [-0.2, 0) is 17.8 Å². The average molecular weight is 320 g/mol. The predicted molar refractivity (Wildman–Crippen MR) is 91.1 cm³/mol. The predicted octanol–water partition coefficient (Wildman–Crippen LogP) is 2.32. The van der Waals surface area contributed by atoms with E-state index < -0.39 is 0 Å². The lowest BCUT2D eigenvalue weighted by atomic mass is 9.98. The molecule has 0 atom stereocenters. The number of methoxy groups -OCH3 is 2. The lowest BCUT2D eigenvalue weighted by Crippen LogP contribution is -2.38. The minimum atomic E-state index is 0.234. The zero-order valence-corrected chi connectivity index (χ0v) is 14.7. The summed E-state index contributed by atoms with van der Waals surface area (Å²) in [6.07, 6.45) is 1.46. The van der Waals surface area contributed by atoms with Crippen LogP contribution < -0.4 is 9.47 Å². The Hall–Kier alpha value is -1.75. The number of carbonyl (C=O) groups is 1. The molecule has 0 unspecified atom stereocenters. The van der Waals surface area contributed by atoms with Crippen LogP contribution in [0, 0.1) is 0 Å². The molecule has 1 aliphatic rings. The van der Waals surface area contributed by atoms with Gasteiger partial charge >= 0.3 is 0 Å². The lowest BCUT2D eigenvalue weighted by Gasteiger charge is -2.30. The second-order valence-corrected chi connectivity index (χ2v) is 5.82. The minimum Gasteiger partial charge on any atom is -0.493 e. The number of benzene rings is 1. The van der Waals surface area contributed by atoms with Crippen molar-refractivity contribution in [2.24, 2.45) is 0 Å². The van der Waals surface area contributed by atoms with Crippen LogP contribution in [0.15, 0.2) is 12.1 Å². The third kappa shape index (κ3) is 4.16. The summed E-state index contributed by atoms with van der Waals surface area (Å²) in [5.74, 6) is 1.72. The van der Waals surface area contributed by atoms with Gasteiger partial charge in [0.15, 0.2) is 11.5 Å². The molecule has 0 bridgehead atoms. The fraction of sp³-hybridized carbons (Fsp3) is 0.611. The molecular formula is C18H28N2O3. The average Bonchev–Trinajstić information content (AvgIpc) is 2.60. The van der Waals surface area contributed by atoms with Crippen LogP contribution in [0.25, 0.3) is 0 Å². The number of amides is 1. The van der Waals surface area contributed by atoms with Crippen molar-refractivity contribution < 1.29 is 14.3 Å². The molecule has 1 aromatic carbocycles. The van der Waals surface area contributed by atoms with E-state index in [-0.39, 0.29) is 5.91 Å². The van der Waals surface area contributed by atoms with Crippen LogP contribution in [0.1, 0.15) is 31.4 Å². The number of hydrogen-bond donors (Lipinski definition) is 0. The summed E-state index contributed by atoms with van der Waals surface area (Å²) in [6.45, 7) is 8.51. The number of hydrogen-bond acceptors (Lipinski definition) is 4. The normalized spacial score (nSPS) is 13.9. The molecule has 5 nitrogen and oxygen atoms in total. The van der Waals surface area contributed by atoms with Crippen molar-refractivity contribution >= 4 is 5.91 Å². The van der Waals surface area contributed by atoms with Crippen molar-refractivity contribution in [2.45, 2.75) is 33.2 Å². The molecule has 1 aliphatic heterocycles. The monoisotopic (exact) mass is 320 g/mol. The molecule has 1 aromatic rings. The van der Waals surface area contributed by atoms with Crippen molar-refractivity contribution in [3.63, 3.8) is 0 Å². The maximum absolute atomic E-state index is 12.5. The topological polar surface area (TPSA) is 42.0 Å². The summed E-state index contributed by atoms with van der Waals surface area (Å²) in [6, 6.07) is 4.03. The summed E-state index contributed by atoms with van der Waals surface area (Å²) < 4.78 is 10.7. The van der Waals surface area contributed by atoms with Crippen LogP contribution in [-0.4, -0.2) is 56.1 Å². The van der Waals surface area contributed by atoms with Gasteiger partial charge in [-0.05, 0) is 42.8 Å². The second kappa shape index (κ2) is 8.20. The maximum Gasteiger partial charge on any atom is 0.224 e. The van der Waals surface area contributed by atoms with Gasteiger partial charge in [0.2, 0.25) is 5.91 Å². The van der Waals surface area contributed by atoms with Crippen molar-refractivity contribution in [2.75, 3.05) is 40.4 Å². The highest BCUT2D eigenvalue weighted by Crippen LogP contribution is 2.33. The first-order valence-corrected chi connectivity index (χ1v) is 8.36. The highest BCUT2D eigenvalue weighted by molar-refractivity contribution is 5.76. The van der Waals surface area contributed by atoms with E-state index in [9.17, 15) is 4.79 Å². The Morgan fingerprint density at radius 3 is 2.30 bits per heavy atom. The molecule has 0 fully saturated rings. The van der Waals surface area contributed by atoms with Crippen LogP contribution in [0.2, 0.25) is 0 Å². The first-order chi connectivity index (χ1) is 11.1. The highest BCUT2D eigenvalue weighted by atomic mass is 16.5. The molecule has 1 amide bonds. The Balaban J connectivity index is 2.03.